The zero-order valence-electron chi connectivity index (χ0n) is 11.4. The molecule has 0 amide bonds. The molecule has 0 N–H and O–H groups in total. The Morgan fingerprint density at radius 2 is 1.55 bits per heavy atom. The SMILES string of the molecule is O=C1C(c2ccc(Cl)cc2)=[N+]([O-])c2cc3ccccc3cc21. The maximum absolute atomic E-state index is 12.6. The van der Waals surface area contributed by atoms with Crippen LogP contribution in [0.25, 0.3) is 10.8 Å². The Bertz CT molecular complexity index is 958. The van der Waals surface area contributed by atoms with Crippen LogP contribution in [0.4, 0.5) is 5.69 Å². The number of hydrogen-bond donors (Lipinski definition) is 0. The first-order valence-electron chi connectivity index (χ1n) is 6.83. The van der Waals surface area contributed by atoms with Crippen molar-refractivity contribution in [2.24, 2.45) is 0 Å². The molecule has 0 fully saturated rings. The Morgan fingerprint density at radius 1 is 0.909 bits per heavy atom. The van der Waals surface area contributed by atoms with Crippen molar-refractivity contribution < 1.29 is 9.53 Å². The molecule has 4 heteroatoms. The minimum absolute atomic E-state index is 0.141. The standard InChI is InChI=1S/C18H10ClNO2/c19-14-7-5-11(6-8-14)17-18(21)15-9-12-3-1-2-4-13(12)10-16(15)20(17)22/h1-10H. The van der Waals surface area contributed by atoms with Gasteiger partial charge in [-0.25, -0.2) is 0 Å². The van der Waals surface area contributed by atoms with Crippen molar-refractivity contribution in [3.63, 3.8) is 0 Å². The predicted molar refractivity (Wildman–Crippen MR) is 87.1 cm³/mol. The molecule has 0 aromatic heterocycles. The van der Waals surface area contributed by atoms with Gasteiger partial charge >= 0.3 is 0 Å². The first-order valence-corrected chi connectivity index (χ1v) is 7.20. The normalized spacial score (nSPS) is 13.8. The van der Waals surface area contributed by atoms with Gasteiger partial charge in [0.1, 0.15) is 5.56 Å². The molecule has 0 atom stereocenters. The van der Waals surface area contributed by atoms with E-state index in [0.29, 0.717) is 26.6 Å². The van der Waals surface area contributed by atoms with Crippen LogP contribution in [0.1, 0.15) is 15.9 Å². The molecule has 3 aromatic carbocycles. The summed E-state index contributed by atoms with van der Waals surface area (Å²) in [6, 6.07) is 17.9. The number of benzene rings is 3. The van der Waals surface area contributed by atoms with Gasteiger partial charge in [0, 0.05) is 11.1 Å². The van der Waals surface area contributed by atoms with Gasteiger partial charge in [-0.15, -0.1) is 0 Å². The van der Waals surface area contributed by atoms with Crippen molar-refractivity contribution in [3.05, 3.63) is 82.0 Å². The number of carbonyl (C=O) groups is 1. The first kappa shape index (κ1) is 13.0. The van der Waals surface area contributed by atoms with Crippen LogP contribution in [0.15, 0.2) is 60.7 Å². The van der Waals surface area contributed by atoms with Gasteiger partial charge in [0.25, 0.3) is 11.5 Å². The highest BCUT2D eigenvalue weighted by molar-refractivity contribution is 6.52. The van der Waals surface area contributed by atoms with Crippen LogP contribution >= 0.6 is 11.6 Å². The van der Waals surface area contributed by atoms with E-state index >= 15 is 0 Å². The van der Waals surface area contributed by atoms with Crippen LogP contribution in [0.3, 0.4) is 0 Å². The number of Topliss-reactive ketones (excluding diaryl/α,β-unsaturated/α-hetero) is 1. The summed E-state index contributed by atoms with van der Waals surface area (Å²) < 4.78 is 0.716. The van der Waals surface area contributed by atoms with E-state index in [0.717, 1.165) is 10.8 Å². The van der Waals surface area contributed by atoms with Crippen molar-refractivity contribution in [1.82, 2.24) is 0 Å². The van der Waals surface area contributed by atoms with Crippen LogP contribution in [0.5, 0.6) is 0 Å². The van der Waals surface area contributed by atoms with Crippen molar-refractivity contribution in [2.75, 3.05) is 0 Å². The van der Waals surface area contributed by atoms with E-state index in [9.17, 15) is 10.0 Å². The Hall–Kier alpha value is -2.65. The van der Waals surface area contributed by atoms with E-state index in [4.69, 9.17) is 11.6 Å². The van der Waals surface area contributed by atoms with Gasteiger partial charge in [-0.05, 0) is 41.1 Å². The number of fused-ring (bicyclic) bond motifs is 2. The summed E-state index contributed by atoms with van der Waals surface area (Å²) >= 11 is 5.87. The lowest BCUT2D eigenvalue weighted by atomic mass is 10.00. The Morgan fingerprint density at radius 3 is 2.23 bits per heavy atom. The molecule has 22 heavy (non-hydrogen) atoms. The molecule has 0 radical (unpaired) electrons. The summed E-state index contributed by atoms with van der Waals surface area (Å²) in [5.74, 6) is -0.252. The third-order valence-corrected chi connectivity index (χ3v) is 4.12. The number of carbonyl (C=O) groups excluding carboxylic acids is 1. The zero-order chi connectivity index (χ0) is 15.3. The number of ketones is 1. The molecule has 1 aliphatic heterocycles. The lowest BCUT2D eigenvalue weighted by Gasteiger charge is -2.03. The highest BCUT2D eigenvalue weighted by atomic mass is 35.5. The molecular weight excluding hydrogens is 298 g/mol. The van der Waals surface area contributed by atoms with Crippen molar-refractivity contribution in [1.29, 1.82) is 0 Å². The summed E-state index contributed by atoms with van der Waals surface area (Å²) in [4.78, 5) is 12.6. The fraction of sp³-hybridized carbons (Fsp3) is 0. The van der Waals surface area contributed by atoms with Crippen molar-refractivity contribution >= 4 is 39.6 Å². The van der Waals surface area contributed by atoms with E-state index in [2.05, 4.69) is 0 Å². The molecule has 0 bridgehead atoms. The minimum atomic E-state index is -0.252. The highest BCUT2D eigenvalue weighted by Crippen LogP contribution is 2.32. The van der Waals surface area contributed by atoms with Gasteiger partial charge in [-0.3, -0.25) is 4.79 Å². The monoisotopic (exact) mass is 307 g/mol. The third kappa shape index (κ3) is 1.83. The van der Waals surface area contributed by atoms with Gasteiger partial charge in [0.2, 0.25) is 5.69 Å². The summed E-state index contributed by atoms with van der Waals surface area (Å²) in [5.41, 5.74) is 1.55. The van der Waals surface area contributed by atoms with Crippen LogP contribution in [0, 0.1) is 5.21 Å². The van der Waals surface area contributed by atoms with Crippen LogP contribution in [0.2, 0.25) is 5.02 Å². The molecular formula is C18H10ClNO2. The van der Waals surface area contributed by atoms with Gasteiger partial charge in [0.05, 0.1) is 5.56 Å². The number of hydrogen-bond acceptors (Lipinski definition) is 2. The van der Waals surface area contributed by atoms with Gasteiger partial charge in [-0.2, -0.15) is 4.74 Å². The minimum Gasteiger partial charge on any atom is -0.618 e. The van der Waals surface area contributed by atoms with Gasteiger partial charge in [-0.1, -0.05) is 35.9 Å². The van der Waals surface area contributed by atoms with E-state index < -0.39 is 0 Å². The van der Waals surface area contributed by atoms with Gasteiger partial charge < -0.3 is 5.21 Å². The zero-order valence-corrected chi connectivity index (χ0v) is 12.2. The van der Waals surface area contributed by atoms with Crippen LogP contribution < -0.4 is 0 Å². The van der Waals surface area contributed by atoms with E-state index in [1.165, 1.54) is 0 Å². The summed E-state index contributed by atoms with van der Waals surface area (Å²) in [6.45, 7) is 0. The number of nitrogens with zero attached hydrogens (tertiary/aromatic N) is 1. The molecule has 0 saturated heterocycles. The van der Waals surface area contributed by atoms with Crippen molar-refractivity contribution in [2.45, 2.75) is 0 Å². The molecule has 1 heterocycles. The second kappa shape index (κ2) is 4.68. The average molecular weight is 308 g/mol. The van der Waals surface area contributed by atoms with Gasteiger partial charge in [0.15, 0.2) is 0 Å². The molecule has 4 rings (SSSR count). The lowest BCUT2D eigenvalue weighted by molar-refractivity contribution is -0.355. The predicted octanol–water partition coefficient (Wildman–Crippen LogP) is 4.32. The van der Waals surface area contributed by atoms with Crippen molar-refractivity contribution in [3.8, 4) is 0 Å². The highest BCUT2D eigenvalue weighted by Gasteiger charge is 2.36. The maximum Gasteiger partial charge on any atom is 0.272 e. The molecule has 3 nitrogen and oxygen atoms in total. The lowest BCUT2D eigenvalue weighted by Crippen LogP contribution is -2.16. The largest absolute Gasteiger partial charge is 0.618 e. The molecule has 3 aromatic rings. The molecule has 0 aliphatic carbocycles. The quantitative estimate of drug-likeness (QED) is 0.496. The van der Waals surface area contributed by atoms with E-state index in [1.54, 1.807) is 36.4 Å². The molecule has 0 spiro atoms. The van der Waals surface area contributed by atoms with E-state index in [1.807, 2.05) is 24.3 Å². The molecule has 0 unspecified atom stereocenters. The molecule has 0 saturated carbocycles. The fourth-order valence-corrected chi connectivity index (χ4v) is 2.90. The Balaban J connectivity index is 1.94. The summed E-state index contributed by atoms with van der Waals surface area (Å²) in [6.07, 6.45) is 0. The maximum atomic E-state index is 12.6. The molecule has 106 valence electrons. The second-order valence-corrected chi connectivity index (χ2v) is 5.63. The summed E-state index contributed by atoms with van der Waals surface area (Å²) in [7, 11) is 0. The topological polar surface area (TPSA) is 43.1 Å². The molecule has 1 aliphatic rings. The second-order valence-electron chi connectivity index (χ2n) is 5.20. The third-order valence-electron chi connectivity index (χ3n) is 3.86. The Kier molecular flexibility index (Phi) is 2.78. The smallest absolute Gasteiger partial charge is 0.272 e. The number of halogens is 1. The number of rotatable bonds is 1. The fourth-order valence-electron chi connectivity index (χ4n) is 2.77. The van der Waals surface area contributed by atoms with E-state index in [-0.39, 0.29) is 11.5 Å². The van der Waals surface area contributed by atoms with Crippen LogP contribution in [-0.2, 0) is 0 Å². The Labute approximate surface area is 131 Å². The summed E-state index contributed by atoms with van der Waals surface area (Å²) in [5, 5.41) is 15.0. The van der Waals surface area contributed by atoms with Crippen LogP contribution in [-0.4, -0.2) is 16.2 Å². The first-order chi connectivity index (χ1) is 10.6. The average Bonchev–Trinajstić information content (AvgIpc) is 2.78.